The van der Waals surface area contributed by atoms with E-state index in [2.05, 4.69) is 0 Å². The molecule has 24 heavy (non-hydrogen) atoms. The van der Waals surface area contributed by atoms with Crippen LogP contribution in [0, 0.1) is 28.4 Å². The van der Waals surface area contributed by atoms with Gasteiger partial charge in [0.05, 0.1) is 18.1 Å². The van der Waals surface area contributed by atoms with Gasteiger partial charge in [0.25, 0.3) is 0 Å². The van der Waals surface area contributed by atoms with Gasteiger partial charge in [0, 0.05) is 5.92 Å². The van der Waals surface area contributed by atoms with Gasteiger partial charge in [-0.3, -0.25) is 14.5 Å². The van der Waals surface area contributed by atoms with Gasteiger partial charge in [0.15, 0.2) is 11.6 Å². The van der Waals surface area contributed by atoms with E-state index in [-0.39, 0.29) is 29.8 Å². The molecule has 1 aliphatic carbocycles. The van der Waals surface area contributed by atoms with Crippen LogP contribution < -0.4 is 0 Å². The number of β-amino-alcohol motifs (C(OH)–C–C–N with tert-alkyl or cyclic N) is 1. The lowest BCUT2D eigenvalue weighted by Crippen LogP contribution is -2.59. The van der Waals surface area contributed by atoms with Crippen molar-refractivity contribution < 1.29 is 23.5 Å². The third-order valence-corrected chi connectivity index (χ3v) is 6.19. The van der Waals surface area contributed by atoms with Crippen molar-refractivity contribution in [1.29, 1.82) is 0 Å². The molecule has 1 N–H and O–H groups in total. The van der Waals surface area contributed by atoms with Crippen molar-refractivity contribution in [2.45, 2.75) is 39.7 Å². The molecule has 3 atom stereocenters. The van der Waals surface area contributed by atoms with Gasteiger partial charge >= 0.3 is 0 Å². The van der Waals surface area contributed by atoms with Gasteiger partial charge in [0.1, 0.15) is 0 Å². The maximum Gasteiger partial charge on any atom is 0.235 e. The molecule has 3 unspecified atom stereocenters. The summed E-state index contributed by atoms with van der Waals surface area (Å²) in [6, 6.07) is 3.06. The van der Waals surface area contributed by atoms with E-state index >= 15 is 0 Å². The molecule has 2 amide bonds. The number of fused-ring (bicyclic) bond motifs is 2. The minimum Gasteiger partial charge on any atom is -0.387 e. The molecule has 0 aromatic heterocycles. The lowest BCUT2D eigenvalue weighted by Gasteiger charge is -2.48. The third kappa shape index (κ3) is 2.19. The molecule has 1 aromatic carbocycles. The molecule has 2 fully saturated rings. The molecular weight excluding hydrogens is 316 g/mol. The fraction of sp³-hybridized carbons (Fsp3) is 0.556. The highest BCUT2D eigenvalue weighted by Gasteiger charge is 2.64. The molecule has 1 aromatic rings. The van der Waals surface area contributed by atoms with Crippen LogP contribution in [0.15, 0.2) is 18.2 Å². The molecular formula is C18H21F2NO3. The molecule has 1 heterocycles. The van der Waals surface area contributed by atoms with E-state index in [4.69, 9.17) is 0 Å². The van der Waals surface area contributed by atoms with Gasteiger partial charge in [0.2, 0.25) is 11.8 Å². The molecule has 0 spiro atoms. The second-order valence-corrected chi connectivity index (χ2v) is 7.59. The first-order valence-electron chi connectivity index (χ1n) is 8.08. The maximum absolute atomic E-state index is 13.3. The van der Waals surface area contributed by atoms with Crippen LogP contribution in [0.5, 0.6) is 0 Å². The topological polar surface area (TPSA) is 57.6 Å². The molecule has 0 radical (unpaired) electrons. The first-order chi connectivity index (χ1) is 11.1. The fourth-order valence-corrected chi connectivity index (χ4v) is 4.07. The number of aliphatic hydroxyl groups excluding tert-OH is 1. The zero-order valence-electron chi connectivity index (χ0n) is 14.0. The molecule has 6 heteroatoms. The smallest absolute Gasteiger partial charge is 0.235 e. The Bertz CT molecular complexity index is 718. The van der Waals surface area contributed by atoms with Crippen molar-refractivity contribution in [3.63, 3.8) is 0 Å². The molecule has 1 aliphatic heterocycles. The summed E-state index contributed by atoms with van der Waals surface area (Å²) >= 11 is 0. The number of likely N-dealkylation sites (tertiary alicyclic amines) is 1. The Labute approximate surface area is 139 Å². The highest BCUT2D eigenvalue weighted by molar-refractivity contribution is 6.03. The molecule has 2 bridgehead atoms. The molecule has 1 saturated carbocycles. The van der Waals surface area contributed by atoms with Crippen LogP contribution in [0.1, 0.15) is 45.3 Å². The van der Waals surface area contributed by atoms with E-state index in [0.717, 1.165) is 17.0 Å². The van der Waals surface area contributed by atoms with E-state index in [1.165, 1.54) is 6.07 Å². The Morgan fingerprint density at radius 2 is 1.92 bits per heavy atom. The van der Waals surface area contributed by atoms with Gasteiger partial charge in [-0.1, -0.05) is 26.8 Å². The van der Waals surface area contributed by atoms with Crippen LogP contribution in [0.2, 0.25) is 0 Å². The van der Waals surface area contributed by atoms with Crippen LogP contribution in [0.3, 0.4) is 0 Å². The minimum absolute atomic E-state index is 0.136. The van der Waals surface area contributed by atoms with Gasteiger partial charge in [-0.15, -0.1) is 0 Å². The number of halogens is 2. The molecule has 130 valence electrons. The van der Waals surface area contributed by atoms with Gasteiger partial charge in [-0.2, -0.15) is 0 Å². The van der Waals surface area contributed by atoms with E-state index < -0.39 is 28.6 Å². The average molecular weight is 337 g/mol. The number of hydrogen-bond acceptors (Lipinski definition) is 3. The Balaban J connectivity index is 1.86. The summed E-state index contributed by atoms with van der Waals surface area (Å²) in [5.41, 5.74) is -0.943. The van der Waals surface area contributed by atoms with Crippen LogP contribution in [-0.2, 0) is 9.59 Å². The van der Waals surface area contributed by atoms with Gasteiger partial charge < -0.3 is 5.11 Å². The zero-order valence-corrected chi connectivity index (χ0v) is 14.0. The predicted molar refractivity (Wildman–Crippen MR) is 82.6 cm³/mol. The summed E-state index contributed by atoms with van der Waals surface area (Å²) in [5.74, 6) is -2.94. The molecule has 3 rings (SSSR count). The second-order valence-electron chi connectivity index (χ2n) is 7.59. The third-order valence-electron chi connectivity index (χ3n) is 6.19. The zero-order chi connectivity index (χ0) is 17.9. The van der Waals surface area contributed by atoms with Crippen LogP contribution in [0.4, 0.5) is 8.78 Å². The van der Waals surface area contributed by atoms with Crippen molar-refractivity contribution in [3.8, 4) is 0 Å². The standard InChI is InChI=1S/C18H21F2NO3/c1-17(2)11-6-7-18(17,3)16(24)21(15(11)23)9-14(22)10-4-5-12(19)13(20)8-10/h4-5,8,11,14,22H,6-7,9H2,1-3H3. The van der Waals surface area contributed by atoms with E-state index in [1.807, 2.05) is 20.8 Å². The Morgan fingerprint density at radius 3 is 2.54 bits per heavy atom. The summed E-state index contributed by atoms with van der Waals surface area (Å²) in [4.78, 5) is 26.7. The van der Waals surface area contributed by atoms with Crippen molar-refractivity contribution in [2.75, 3.05) is 6.54 Å². The molecule has 1 saturated heterocycles. The number of amides is 2. The lowest BCUT2D eigenvalue weighted by atomic mass is 9.62. The summed E-state index contributed by atoms with van der Waals surface area (Å²) in [7, 11) is 0. The normalized spacial score (nSPS) is 29.9. The summed E-state index contributed by atoms with van der Waals surface area (Å²) in [6.07, 6.45) is 0.0241. The summed E-state index contributed by atoms with van der Waals surface area (Å²) in [6.45, 7) is 5.48. The highest BCUT2D eigenvalue weighted by Crippen LogP contribution is 2.60. The van der Waals surface area contributed by atoms with Gasteiger partial charge in [-0.05, 0) is 36.0 Å². The Morgan fingerprint density at radius 1 is 1.25 bits per heavy atom. The number of nitrogens with zero attached hydrogens (tertiary/aromatic N) is 1. The van der Waals surface area contributed by atoms with Gasteiger partial charge in [-0.25, -0.2) is 8.78 Å². The summed E-state index contributed by atoms with van der Waals surface area (Å²) < 4.78 is 26.4. The van der Waals surface area contributed by atoms with Crippen molar-refractivity contribution in [1.82, 2.24) is 4.90 Å². The number of carbonyl (C=O) groups is 2. The predicted octanol–water partition coefficient (Wildman–Crippen LogP) is 2.81. The largest absolute Gasteiger partial charge is 0.387 e. The number of carbonyl (C=O) groups excluding carboxylic acids is 2. The van der Waals surface area contributed by atoms with E-state index in [1.54, 1.807) is 0 Å². The van der Waals surface area contributed by atoms with Crippen LogP contribution >= 0.6 is 0 Å². The lowest BCUT2D eigenvalue weighted by molar-refractivity contribution is -0.169. The first kappa shape index (κ1) is 17.0. The monoisotopic (exact) mass is 337 g/mol. The number of aliphatic hydroxyl groups is 1. The average Bonchev–Trinajstić information content (AvgIpc) is 2.71. The number of benzene rings is 1. The fourth-order valence-electron chi connectivity index (χ4n) is 4.07. The number of rotatable bonds is 3. The van der Waals surface area contributed by atoms with E-state index in [0.29, 0.717) is 12.8 Å². The number of hydrogen-bond donors (Lipinski definition) is 1. The van der Waals surface area contributed by atoms with Crippen molar-refractivity contribution >= 4 is 11.8 Å². The van der Waals surface area contributed by atoms with E-state index in [9.17, 15) is 23.5 Å². The quantitative estimate of drug-likeness (QED) is 0.863. The highest BCUT2D eigenvalue weighted by atomic mass is 19.2. The summed E-state index contributed by atoms with van der Waals surface area (Å²) in [5, 5.41) is 10.3. The SMILES string of the molecule is CC12CCC(C(=O)N(CC(O)c3ccc(F)c(F)c3)C1=O)C2(C)C. The van der Waals surface area contributed by atoms with Crippen molar-refractivity contribution in [2.24, 2.45) is 16.7 Å². The minimum atomic E-state index is -1.25. The second kappa shape index (κ2) is 5.34. The number of piperidine rings is 1. The maximum atomic E-state index is 13.3. The van der Waals surface area contributed by atoms with Crippen LogP contribution in [-0.4, -0.2) is 28.4 Å². The first-order valence-corrected chi connectivity index (χ1v) is 8.08. The Kier molecular flexibility index (Phi) is 3.79. The molecule has 4 nitrogen and oxygen atoms in total. The van der Waals surface area contributed by atoms with Crippen molar-refractivity contribution in [3.05, 3.63) is 35.4 Å². The molecule has 2 aliphatic rings. The Hall–Kier alpha value is -1.82. The number of imide groups is 1. The van der Waals surface area contributed by atoms with Crippen LogP contribution in [0.25, 0.3) is 0 Å².